The van der Waals surface area contributed by atoms with Gasteiger partial charge in [0.1, 0.15) is 11.6 Å². The molecule has 0 aliphatic rings. The molecule has 174 valence electrons. The van der Waals surface area contributed by atoms with E-state index < -0.39 is 0 Å². The van der Waals surface area contributed by atoms with Crippen molar-refractivity contribution in [3.05, 3.63) is 99.5 Å². The number of rotatable bonds is 8. The largest absolute Gasteiger partial charge is 0.497 e. The van der Waals surface area contributed by atoms with Gasteiger partial charge in [0, 0.05) is 16.3 Å². The Labute approximate surface area is 210 Å². The Kier molecular flexibility index (Phi) is 7.72. The summed E-state index contributed by atoms with van der Waals surface area (Å²) in [6, 6.07) is 18.2. The highest BCUT2D eigenvalue weighted by molar-refractivity contribution is 7.98. The van der Waals surface area contributed by atoms with Gasteiger partial charge in [-0.25, -0.2) is 4.39 Å². The van der Waals surface area contributed by atoms with E-state index in [1.807, 2.05) is 0 Å². The van der Waals surface area contributed by atoms with E-state index in [2.05, 4.69) is 15.5 Å². The molecular formula is C24H19Cl2FN4O2S. The topological polar surface area (TPSA) is 69.0 Å². The number of methoxy groups -OCH3 is 1. The minimum absolute atomic E-state index is 0.119. The first kappa shape index (κ1) is 24.1. The van der Waals surface area contributed by atoms with Crippen molar-refractivity contribution in [2.45, 2.75) is 17.5 Å². The SMILES string of the molecule is COc1ccc(C(=O)NCc2nnc(SCc3ccc(F)cc3)n2-c2ccc(Cl)cc2Cl)cc1. The lowest BCUT2D eigenvalue weighted by molar-refractivity contribution is 0.0949. The molecule has 4 aromatic rings. The van der Waals surface area contributed by atoms with Crippen molar-refractivity contribution in [3.8, 4) is 11.4 Å². The van der Waals surface area contributed by atoms with Crippen molar-refractivity contribution in [2.75, 3.05) is 7.11 Å². The summed E-state index contributed by atoms with van der Waals surface area (Å²) >= 11 is 14.0. The summed E-state index contributed by atoms with van der Waals surface area (Å²) in [7, 11) is 1.56. The molecule has 4 rings (SSSR count). The molecule has 0 atom stereocenters. The number of aromatic nitrogens is 3. The first-order valence-corrected chi connectivity index (χ1v) is 11.9. The van der Waals surface area contributed by atoms with Crippen molar-refractivity contribution in [3.63, 3.8) is 0 Å². The summed E-state index contributed by atoms with van der Waals surface area (Å²) in [6.45, 7) is 0.119. The monoisotopic (exact) mass is 516 g/mol. The van der Waals surface area contributed by atoms with Gasteiger partial charge in [0.05, 0.1) is 24.4 Å². The van der Waals surface area contributed by atoms with Gasteiger partial charge in [-0.3, -0.25) is 9.36 Å². The zero-order valence-corrected chi connectivity index (χ0v) is 20.3. The summed E-state index contributed by atoms with van der Waals surface area (Å²) < 4.78 is 20.1. The van der Waals surface area contributed by atoms with Crippen LogP contribution in [0.25, 0.3) is 5.69 Å². The average Bonchev–Trinajstić information content (AvgIpc) is 3.24. The molecule has 0 aliphatic heterocycles. The molecule has 10 heteroatoms. The molecule has 1 N–H and O–H groups in total. The van der Waals surface area contributed by atoms with Crippen molar-refractivity contribution in [1.82, 2.24) is 20.1 Å². The molecule has 0 bridgehead atoms. The highest BCUT2D eigenvalue weighted by atomic mass is 35.5. The summed E-state index contributed by atoms with van der Waals surface area (Å²) in [4.78, 5) is 12.6. The Morgan fingerprint density at radius 2 is 1.79 bits per heavy atom. The number of nitrogens with zero attached hydrogens (tertiary/aromatic N) is 3. The third-order valence-electron chi connectivity index (χ3n) is 4.89. The second-order valence-corrected chi connectivity index (χ2v) is 8.94. The Hall–Kier alpha value is -3.07. The van der Waals surface area contributed by atoms with Crippen molar-refractivity contribution >= 4 is 40.9 Å². The molecular weight excluding hydrogens is 498 g/mol. The normalized spacial score (nSPS) is 10.8. The first-order valence-electron chi connectivity index (χ1n) is 10.1. The van der Waals surface area contributed by atoms with Crippen LogP contribution in [0.1, 0.15) is 21.7 Å². The van der Waals surface area contributed by atoms with Crippen LogP contribution in [-0.4, -0.2) is 27.8 Å². The zero-order chi connectivity index (χ0) is 24.1. The second kappa shape index (κ2) is 10.9. The molecule has 0 aliphatic carbocycles. The molecule has 0 radical (unpaired) electrons. The maximum absolute atomic E-state index is 13.2. The average molecular weight is 517 g/mol. The highest BCUT2D eigenvalue weighted by Gasteiger charge is 2.18. The lowest BCUT2D eigenvalue weighted by atomic mass is 10.2. The molecule has 6 nitrogen and oxygen atoms in total. The Morgan fingerprint density at radius 3 is 2.47 bits per heavy atom. The van der Waals surface area contributed by atoms with Gasteiger partial charge >= 0.3 is 0 Å². The fourth-order valence-corrected chi connectivity index (χ4v) is 4.56. The van der Waals surface area contributed by atoms with E-state index in [9.17, 15) is 9.18 Å². The molecule has 0 fully saturated rings. The third-order valence-corrected chi connectivity index (χ3v) is 6.43. The lowest BCUT2D eigenvalue weighted by Crippen LogP contribution is -2.24. The van der Waals surface area contributed by atoms with Crippen molar-refractivity contribution in [1.29, 1.82) is 0 Å². The van der Waals surface area contributed by atoms with Gasteiger partial charge in [-0.15, -0.1) is 10.2 Å². The molecule has 0 unspecified atom stereocenters. The number of hydrogen-bond donors (Lipinski definition) is 1. The number of nitrogens with one attached hydrogen (secondary N) is 1. The lowest BCUT2D eigenvalue weighted by Gasteiger charge is -2.13. The van der Waals surface area contributed by atoms with Crippen LogP contribution in [0.4, 0.5) is 4.39 Å². The third kappa shape index (κ3) is 5.70. The minimum Gasteiger partial charge on any atom is -0.497 e. The van der Waals surface area contributed by atoms with Gasteiger partial charge in [-0.1, -0.05) is 47.1 Å². The number of halogens is 3. The Balaban J connectivity index is 1.58. The number of thioether (sulfide) groups is 1. The number of carbonyl (C=O) groups is 1. The van der Waals surface area contributed by atoms with Crippen molar-refractivity contribution < 1.29 is 13.9 Å². The number of amides is 1. The molecule has 0 spiro atoms. The molecule has 0 saturated heterocycles. The molecule has 1 heterocycles. The maximum atomic E-state index is 13.2. The van der Waals surface area contributed by atoms with E-state index in [4.69, 9.17) is 27.9 Å². The van der Waals surface area contributed by atoms with E-state index in [0.717, 1.165) is 5.56 Å². The van der Waals surface area contributed by atoms with Gasteiger partial charge in [0.15, 0.2) is 11.0 Å². The standard InChI is InChI=1S/C24H19Cl2FN4O2S/c1-33-19-9-4-16(5-10-19)23(32)28-13-22-29-30-24(34-14-15-2-7-18(27)8-3-15)31(22)21-11-6-17(25)12-20(21)26/h2-12H,13-14H2,1H3,(H,28,32). The van der Waals surface area contributed by atoms with Gasteiger partial charge in [-0.05, 0) is 60.2 Å². The number of carbonyl (C=O) groups excluding carboxylic acids is 1. The van der Waals surface area contributed by atoms with Crippen LogP contribution in [-0.2, 0) is 12.3 Å². The summed E-state index contributed by atoms with van der Waals surface area (Å²) in [5, 5.41) is 12.9. The van der Waals surface area contributed by atoms with Gasteiger partial charge < -0.3 is 10.1 Å². The molecule has 0 saturated carbocycles. The van der Waals surface area contributed by atoms with E-state index >= 15 is 0 Å². The van der Waals surface area contributed by atoms with Crippen LogP contribution >= 0.6 is 35.0 Å². The molecule has 3 aromatic carbocycles. The molecule has 1 amide bonds. The summed E-state index contributed by atoms with van der Waals surface area (Å²) in [5.74, 6) is 1.14. The number of hydrogen-bond acceptors (Lipinski definition) is 5. The van der Waals surface area contributed by atoms with Crippen LogP contribution in [0.2, 0.25) is 10.0 Å². The van der Waals surface area contributed by atoms with Crippen LogP contribution in [0.15, 0.2) is 71.9 Å². The number of benzene rings is 3. The summed E-state index contributed by atoms with van der Waals surface area (Å²) in [6.07, 6.45) is 0. The van der Waals surface area contributed by atoms with E-state index in [-0.39, 0.29) is 18.3 Å². The van der Waals surface area contributed by atoms with Crippen LogP contribution in [0, 0.1) is 5.82 Å². The fourth-order valence-electron chi connectivity index (χ4n) is 3.15. The zero-order valence-electron chi connectivity index (χ0n) is 18.0. The Morgan fingerprint density at radius 1 is 1.06 bits per heavy atom. The maximum Gasteiger partial charge on any atom is 0.251 e. The first-order chi connectivity index (χ1) is 16.4. The van der Waals surface area contributed by atoms with E-state index in [0.29, 0.717) is 43.8 Å². The second-order valence-electron chi connectivity index (χ2n) is 7.16. The fraction of sp³-hybridized carbons (Fsp3) is 0.125. The van der Waals surface area contributed by atoms with Crippen LogP contribution < -0.4 is 10.1 Å². The molecule has 34 heavy (non-hydrogen) atoms. The van der Waals surface area contributed by atoms with Crippen LogP contribution in [0.5, 0.6) is 5.75 Å². The van der Waals surface area contributed by atoms with Gasteiger partial charge in [-0.2, -0.15) is 0 Å². The van der Waals surface area contributed by atoms with E-state index in [1.165, 1.54) is 23.9 Å². The predicted octanol–water partition coefficient (Wildman–Crippen LogP) is 5.94. The smallest absolute Gasteiger partial charge is 0.251 e. The Bertz CT molecular complexity index is 1300. The van der Waals surface area contributed by atoms with Gasteiger partial charge in [0.25, 0.3) is 5.91 Å². The summed E-state index contributed by atoms with van der Waals surface area (Å²) in [5.41, 5.74) is 2.05. The van der Waals surface area contributed by atoms with Crippen LogP contribution in [0.3, 0.4) is 0 Å². The quantitative estimate of drug-likeness (QED) is 0.293. The van der Waals surface area contributed by atoms with Gasteiger partial charge in [0.2, 0.25) is 0 Å². The van der Waals surface area contributed by atoms with E-state index in [1.54, 1.807) is 66.3 Å². The molecule has 1 aromatic heterocycles. The van der Waals surface area contributed by atoms with Crippen molar-refractivity contribution in [2.24, 2.45) is 0 Å². The minimum atomic E-state index is -0.292. The highest BCUT2D eigenvalue weighted by Crippen LogP contribution is 2.30. The number of ether oxygens (including phenoxy) is 1. The predicted molar refractivity (Wildman–Crippen MR) is 132 cm³/mol.